The molecule has 5 N–H and O–H groups in total. The van der Waals surface area contributed by atoms with Gasteiger partial charge in [0.15, 0.2) is 0 Å². The highest BCUT2D eigenvalue weighted by Gasteiger charge is 2.13. The Bertz CT molecular complexity index is 1100. The fourth-order valence-corrected chi connectivity index (χ4v) is 3.29. The molecule has 0 saturated heterocycles. The molecule has 34 heavy (non-hydrogen) atoms. The molecule has 0 radical (unpaired) electrons. The number of carbonyl (C=O) groups is 1. The molecule has 1 heterocycles. The van der Waals surface area contributed by atoms with E-state index in [0.717, 1.165) is 16.9 Å². The van der Waals surface area contributed by atoms with Gasteiger partial charge in [0, 0.05) is 23.3 Å². The first-order chi connectivity index (χ1) is 16.4. The molecule has 0 bridgehead atoms. The Morgan fingerprint density at radius 3 is 2.44 bits per heavy atom. The van der Waals surface area contributed by atoms with Crippen molar-refractivity contribution in [2.24, 2.45) is 5.92 Å². The van der Waals surface area contributed by atoms with Gasteiger partial charge in [0.25, 0.3) is 0 Å². The topological polar surface area (TPSA) is 111 Å². The molecular formula is C26H32N6O2. The van der Waals surface area contributed by atoms with Crippen LogP contribution in [0.3, 0.4) is 0 Å². The lowest BCUT2D eigenvalue weighted by Gasteiger charge is -2.21. The van der Waals surface area contributed by atoms with E-state index in [1.54, 1.807) is 12.3 Å². The second-order valence-corrected chi connectivity index (χ2v) is 8.33. The Balaban J connectivity index is 1.62. The monoisotopic (exact) mass is 460 g/mol. The molecule has 0 aliphatic rings. The third-order valence-electron chi connectivity index (χ3n) is 5.35. The van der Waals surface area contributed by atoms with Gasteiger partial charge in [0.1, 0.15) is 5.82 Å². The Morgan fingerprint density at radius 2 is 1.76 bits per heavy atom. The van der Waals surface area contributed by atoms with E-state index >= 15 is 0 Å². The maximum Gasteiger partial charge on any atom is 0.247 e. The van der Waals surface area contributed by atoms with Crippen LogP contribution < -0.4 is 21.3 Å². The van der Waals surface area contributed by atoms with Gasteiger partial charge in [-0.15, -0.1) is 0 Å². The first kappa shape index (κ1) is 24.7. The minimum absolute atomic E-state index is 0.0134. The van der Waals surface area contributed by atoms with Crippen molar-refractivity contribution in [1.29, 1.82) is 0 Å². The van der Waals surface area contributed by atoms with Crippen LogP contribution in [0.25, 0.3) is 0 Å². The lowest BCUT2D eigenvalue weighted by atomic mass is 10.1. The molecule has 2 atom stereocenters. The minimum Gasteiger partial charge on any atom is -0.394 e. The smallest absolute Gasteiger partial charge is 0.247 e. The molecule has 0 unspecified atom stereocenters. The molecule has 1 aromatic heterocycles. The van der Waals surface area contributed by atoms with Gasteiger partial charge in [0.2, 0.25) is 11.9 Å². The lowest BCUT2D eigenvalue weighted by Crippen LogP contribution is -2.30. The number of rotatable bonds is 11. The van der Waals surface area contributed by atoms with Crippen molar-refractivity contribution in [2.45, 2.75) is 32.9 Å². The predicted octanol–water partition coefficient (Wildman–Crippen LogP) is 4.95. The van der Waals surface area contributed by atoms with Crippen LogP contribution in [0.15, 0.2) is 73.4 Å². The standard InChI is InChI=1S/C26H32N6O2/c1-5-25(34)30-22-8-6-7-21(15-22)29-20-11-9-19(10-12-20)18(4)28-26-27-14-13-24(32-26)31-23(16-33)17(2)3/h5-15,17-18,23,29,33H,1,16H2,2-4H3,(H,30,34)(H2,27,28,31,32)/t18-,23+/m0/s1. The number of aliphatic hydroxyl groups excluding tert-OH is 1. The molecule has 0 fully saturated rings. The first-order valence-electron chi connectivity index (χ1n) is 11.3. The number of hydrogen-bond donors (Lipinski definition) is 5. The van der Waals surface area contributed by atoms with E-state index in [0.29, 0.717) is 17.5 Å². The number of nitrogens with zero attached hydrogens (tertiary/aromatic N) is 2. The number of benzene rings is 2. The van der Waals surface area contributed by atoms with Crippen molar-refractivity contribution in [3.05, 3.63) is 79.0 Å². The van der Waals surface area contributed by atoms with Gasteiger partial charge in [0.05, 0.1) is 18.7 Å². The average Bonchev–Trinajstić information content (AvgIpc) is 2.83. The summed E-state index contributed by atoms with van der Waals surface area (Å²) in [6, 6.07) is 17.2. The molecular weight excluding hydrogens is 428 g/mol. The summed E-state index contributed by atoms with van der Waals surface area (Å²) < 4.78 is 0. The van der Waals surface area contributed by atoms with Crippen LogP contribution in [0.1, 0.15) is 32.4 Å². The van der Waals surface area contributed by atoms with Gasteiger partial charge >= 0.3 is 0 Å². The highest BCUT2D eigenvalue weighted by molar-refractivity contribution is 5.99. The van der Waals surface area contributed by atoms with Crippen LogP contribution in [-0.4, -0.2) is 33.6 Å². The number of nitrogens with one attached hydrogen (secondary N) is 4. The molecule has 3 rings (SSSR count). The molecule has 3 aromatic rings. The molecule has 0 aliphatic heterocycles. The zero-order valence-electron chi connectivity index (χ0n) is 19.7. The van der Waals surface area contributed by atoms with E-state index in [1.165, 1.54) is 6.08 Å². The number of amides is 1. The number of anilines is 5. The number of carbonyl (C=O) groups excluding carboxylic acids is 1. The van der Waals surface area contributed by atoms with Crippen LogP contribution >= 0.6 is 0 Å². The Hall–Kier alpha value is -3.91. The summed E-state index contributed by atoms with van der Waals surface area (Å²) in [5.74, 6) is 1.21. The summed E-state index contributed by atoms with van der Waals surface area (Å²) in [4.78, 5) is 20.4. The van der Waals surface area contributed by atoms with Gasteiger partial charge < -0.3 is 26.4 Å². The molecule has 2 aromatic carbocycles. The summed E-state index contributed by atoms with van der Waals surface area (Å²) >= 11 is 0. The zero-order valence-corrected chi connectivity index (χ0v) is 19.7. The third kappa shape index (κ3) is 7.05. The zero-order chi connectivity index (χ0) is 24.5. The Morgan fingerprint density at radius 1 is 1.03 bits per heavy atom. The lowest BCUT2D eigenvalue weighted by molar-refractivity contribution is -0.111. The normalized spacial score (nSPS) is 12.5. The van der Waals surface area contributed by atoms with Gasteiger partial charge in [-0.25, -0.2) is 4.98 Å². The number of aromatic nitrogens is 2. The fourth-order valence-electron chi connectivity index (χ4n) is 3.29. The summed E-state index contributed by atoms with van der Waals surface area (Å²) in [5, 5.41) is 22.2. The molecule has 8 nitrogen and oxygen atoms in total. The van der Waals surface area contributed by atoms with E-state index in [1.807, 2.05) is 69.3 Å². The Labute approximate surface area is 200 Å². The van der Waals surface area contributed by atoms with E-state index in [2.05, 4.69) is 37.8 Å². The maximum atomic E-state index is 11.5. The molecule has 1 amide bonds. The number of hydrogen-bond acceptors (Lipinski definition) is 7. The minimum atomic E-state index is -0.249. The largest absolute Gasteiger partial charge is 0.394 e. The Kier molecular flexibility index (Phi) is 8.59. The van der Waals surface area contributed by atoms with E-state index in [4.69, 9.17) is 0 Å². The van der Waals surface area contributed by atoms with Crippen LogP contribution in [-0.2, 0) is 4.79 Å². The van der Waals surface area contributed by atoms with Gasteiger partial charge in [-0.05, 0) is 60.9 Å². The highest BCUT2D eigenvalue weighted by Crippen LogP contribution is 2.24. The average molecular weight is 461 g/mol. The quantitative estimate of drug-likeness (QED) is 0.258. The second kappa shape index (κ2) is 11.8. The fraction of sp³-hybridized carbons (Fsp3) is 0.269. The van der Waals surface area contributed by atoms with Gasteiger partial charge in [-0.3, -0.25) is 4.79 Å². The molecule has 178 valence electrons. The second-order valence-electron chi connectivity index (χ2n) is 8.33. The van der Waals surface area contributed by atoms with Crippen molar-refractivity contribution in [3.8, 4) is 0 Å². The van der Waals surface area contributed by atoms with E-state index in [9.17, 15) is 9.90 Å². The van der Waals surface area contributed by atoms with E-state index < -0.39 is 0 Å². The van der Waals surface area contributed by atoms with Gasteiger partial charge in [-0.1, -0.05) is 38.6 Å². The predicted molar refractivity (Wildman–Crippen MR) is 138 cm³/mol. The van der Waals surface area contributed by atoms with Crippen molar-refractivity contribution in [2.75, 3.05) is 27.9 Å². The summed E-state index contributed by atoms with van der Waals surface area (Å²) in [6.45, 7) is 9.64. The van der Waals surface area contributed by atoms with Crippen molar-refractivity contribution >= 4 is 34.7 Å². The van der Waals surface area contributed by atoms with Gasteiger partial charge in [-0.2, -0.15) is 4.98 Å². The van der Waals surface area contributed by atoms with Crippen molar-refractivity contribution in [1.82, 2.24) is 9.97 Å². The highest BCUT2D eigenvalue weighted by atomic mass is 16.3. The molecule has 8 heteroatoms. The molecule has 0 spiro atoms. The summed E-state index contributed by atoms with van der Waals surface area (Å²) in [6.07, 6.45) is 2.93. The summed E-state index contributed by atoms with van der Waals surface area (Å²) in [5.41, 5.74) is 3.56. The molecule has 0 saturated carbocycles. The van der Waals surface area contributed by atoms with Crippen LogP contribution in [0.4, 0.5) is 28.8 Å². The van der Waals surface area contributed by atoms with Crippen molar-refractivity contribution < 1.29 is 9.90 Å². The molecule has 0 aliphatic carbocycles. The SMILES string of the molecule is C=CC(=O)Nc1cccc(Nc2ccc([C@H](C)Nc3nccc(N[C@H](CO)C(C)C)n3)cc2)c1. The maximum absolute atomic E-state index is 11.5. The van der Waals surface area contributed by atoms with E-state index in [-0.39, 0.29) is 30.5 Å². The third-order valence-corrected chi connectivity index (χ3v) is 5.35. The summed E-state index contributed by atoms with van der Waals surface area (Å²) in [7, 11) is 0. The van der Waals surface area contributed by atoms with Crippen LogP contribution in [0, 0.1) is 5.92 Å². The van der Waals surface area contributed by atoms with Crippen LogP contribution in [0.5, 0.6) is 0 Å². The van der Waals surface area contributed by atoms with Crippen LogP contribution in [0.2, 0.25) is 0 Å². The first-order valence-corrected chi connectivity index (χ1v) is 11.3. The number of aliphatic hydroxyl groups is 1. The van der Waals surface area contributed by atoms with Crippen molar-refractivity contribution in [3.63, 3.8) is 0 Å².